The van der Waals surface area contributed by atoms with Gasteiger partial charge in [0, 0.05) is 24.0 Å². The van der Waals surface area contributed by atoms with Crippen LogP contribution in [0.1, 0.15) is 38.6 Å². The number of pyridine rings is 1. The third kappa shape index (κ3) is 4.90. The van der Waals surface area contributed by atoms with Crippen LogP contribution < -0.4 is 10.1 Å². The number of nitrogens with one attached hydrogen (secondary N) is 1. The molecule has 8 heteroatoms. The number of carbonyl (C=O) groups is 1. The minimum Gasteiger partial charge on any atom is -0.495 e. The molecule has 0 radical (unpaired) electrons. The number of ether oxygens (including phenoxy) is 1. The molecule has 3 aromatic rings. The minimum atomic E-state index is -0.108. The van der Waals surface area contributed by atoms with Crippen LogP contribution in [0.25, 0.3) is 11.4 Å². The number of hydrogen-bond donors (Lipinski definition) is 1. The molecule has 1 aliphatic rings. The molecule has 1 aromatic carbocycles. The first kappa shape index (κ1) is 21.4. The molecule has 0 unspecified atom stereocenters. The second kappa shape index (κ2) is 9.96. The van der Waals surface area contributed by atoms with E-state index < -0.39 is 0 Å². The van der Waals surface area contributed by atoms with Gasteiger partial charge >= 0.3 is 0 Å². The Morgan fingerprint density at radius 2 is 2.03 bits per heavy atom. The molecule has 0 saturated heterocycles. The van der Waals surface area contributed by atoms with Gasteiger partial charge in [-0.2, -0.15) is 0 Å². The summed E-state index contributed by atoms with van der Waals surface area (Å²) in [7, 11) is 1.59. The van der Waals surface area contributed by atoms with Crippen LogP contribution in [0.4, 0.5) is 5.69 Å². The van der Waals surface area contributed by atoms with Gasteiger partial charge in [-0.05, 0) is 43.0 Å². The monoisotopic (exact) mass is 437 g/mol. The number of anilines is 1. The number of hydrogen-bond acceptors (Lipinski definition) is 6. The SMILES string of the molecule is COc1ccccc1NC(=O)CSc1nnc(-c2cccnc2)n1[C@H]1CCCC[C@@H]1C. The molecule has 2 atom stereocenters. The topological polar surface area (TPSA) is 81.9 Å². The fourth-order valence-electron chi connectivity index (χ4n) is 4.11. The Bertz CT molecular complexity index is 1020. The summed E-state index contributed by atoms with van der Waals surface area (Å²) in [5, 5.41) is 12.6. The van der Waals surface area contributed by atoms with Gasteiger partial charge in [-0.1, -0.05) is 43.7 Å². The van der Waals surface area contributed by atoms with E-state index in [4.69, 9.17) is 4.74 Å². The summed E-state index contributed by atoms with van der Waals surface area (Å²) >= 11 is 1.42. The molecule has 31 heavy (non-hydrogen) atoms. The lowest BCUT2D eigenvalue weighted by molar-refractivity contribution is -0.113. The molecule has 0 bridgehead atoms. The Balaban J connectivity index is 1.55. The minimum absolute atomic E-state index is 0.108. The van der Waals surface area contributed by atoms with Crippen molar-refractivity contribution in [2.24, 2.45) is 5.92 Å². The quantitative estimate of drug-likeness (QED) is 0.533. The second-order valence-corrected chi connectivity index (χ2v) is 8.73. The third-order valence-electron chi connectivity index (χ3n) is 5.70. The van der Waals surface area contributed by atoms with Crippen LogP contribution in [-0.4, -0.2) is 38.5 Å². The van der Waals surface area contributed by atoms with E-state index in [1.807, 2.05) is 42.6 Å². The van der Waals surface area contributed by atoms with Crippen LogP contribution in [0.5, 0.6) is 5.75 Å². The van der Waals surface area contributed by atoms with Crippen LogP contribution >= 0.6 is 11.8 Å². The van der Waals surface area contributed by atoms with Crippen molar-refractivity contribution in [3.05, 3.63) is 48.8 Å². The average molecular weight is 438 g/mol. The fraction of sp³-hybridized carbons (Fsp3) is 0.391. The standard InChI is InChI=1S/C23H27N5O2S/c1-16-8-3-5-11-19(16)28-22(17-9-7-13-24-14-17)26-27-23(28)31-15-21(29)25-18-10-4-6-12-20(18)30-2/h4,6-7,9-10,12-14,16,19H,3,5,8,11,15H2,1-2H3,(H,25,29)/t16-,19-/m0/s1. The summed E-state index contributed by atoms with van der Waals surface area (Å²) in [6.45, 7) is 2.29. The number of thioether (sulfide) groups is 1. The van der Waals surface area contributed by atoms with E-state index in [9.17, 15) is 4.79 Å². The molecule has 2 aromatic heterocycles. The van der Waals surface area contributed by atoms with Gasteiger partial charge in [0.25, 0.3) is 0 Å². The Morgan fingerprint density at radius 1 is 1.19 bits per heavy atom. The van der Waals surface area contributed by atoms with Crippen LogP contribution in [0.3, 0.4) is 0 Å². The van der Waals surface area contributed by atoms with Gasteiger partial charge in [-0.3, -0.25) is 14.3 Å². The van der Waals surface area contributed by atoms with Gasteiger partial charge in [-0.25, -0.2) is 0 Å². The molecule has 1 N–H and O–H groups in total. The highest BCUT2D eigenvalue weighted by molar-refractivity contribution is 7.99. The summed E-state index contributed by atoms with van der Waals surface area (Å²) in [6, 6.07) is 11.6. The lowest BCUT2D eigenvalue weighted by atomic mass is 9.85. The Hall–Kier alpha value is -2.87. The summed E-state index contributed by atoms with van der Waals surface area (Å²) in [5.41, 5.74) is 1.60. The maximum Gasteiger partial charge on any atom is 0.234 e. The van der Waals surface area contributed by atoms with Crippen molar-refractivity contribution < 1.29 is 9.53 Å². The molecule has 2 heterocycles. The number of aromatic nitrogens is 4. The van der Waals surface area contributed by atoms with Crippen molar-refractivity contribution in [2.45, 2.75) is 43.8 Å². The van der Waals surface area contributed by atoms with Crippen molar-refractivity contribution >= 4 is 23.4 Å². The summed E-state index contributed by atoms with van der Waals surface area (Å²) in [6.07, 6.45) is 8.30. The lowest BCUT2D eigenvalue weighted by Gasteiger charge is -2.31. The van der Waals surface area contributed by atoms with E-state index >= 15 is 0 Å². The molecule has 1 aliphatic carbocycles. The van der Waals surface area contributed by atoms with Crippen molar-refractivity contribution in [1.29, 1.82) is 0 Å². The molecule has 1 fully saturated rings. The Labute approximate surface area is 186 Å². The maximum absolute atomic E-state index is 12.6. The van der Waals surface area contributed by atoms with Crippen molar-refractivity contribution in [2.75, 3.05) is 18.2 Å². The van der Waals surface area contributed by atoms with E-state index in [1.54, 1.807) is 13.3 Å². The number of rotatable bonds is 7. The van der Waals surface area contributed by atoms with Crippen LogP contribution in [0.2, 0.25) is 0 Å². The molecule has 4 rings (SSSR count). The summed E-state index contributed by atoms with van der Waals surface area (Å²) in [4.78, 5) is 16.9. The third-order valence-corrected chi connectivity index (χ3v) is 6.64. The van der Waals surface area contributed by atoms with E-state index in [-0.39, 0.29) is 11.7 Å². The molecular formula is C23H27N5O2S. The molecule has 0 spiro atoms. The maximum atomic E-state index is 12.6. The van der Waals surface area contributed by atoms with Crippen molar-refractivity contribution in [3.8, 4) is 17.1 Å². The van der Waals surface area contributed by atoms with Crippen LogP contribution in [0.15, 0.2) is 53.9 Å². The van der Waals surface area contributed by atoms with Gasteiger partial charge in [0.05, 0.1) is 18.6 Å². The molecule has 7 nitrogen and oxygen atoms in total. The van der Waals surface area contributed by atoms with E-state index in [0.29, 0.717) is 23.4 Å². The van der Waals surface area contributed by atoms with Crippen molar-refractivity contribution in [3.63, 3.8) is 0 Å². The highest BCUT2D eigenvalue weighted by Gasteiger charge is 2.29. The number of carbonyl (C=O) groups excluding carboxylic acids is 1. The first-order valence-electron chi connectivity index (χ1n) is 10.6. The number of amides is 1. The first-order chi connectivity index (χ1) is 15.2. The molecule has 0 aliphatic heterocycles. The van der Waals surface area contributed by atoms with Crippen LogP contribution in [0, 0.1) is 5.92 Å². The molecule has 1 saturated carbocycles. The van der Waals surface area contributed by atoms with E-state index in [1.165, 1.54) is 31.0 Å². The second-order valence-electron chi connectivity index (χ2n) is 7.78. The zero-order chi connectivity index (χ0) is 21.6. The Kier molecular flexibility index (Phi) is 6.86. The number of methoxy groups -OCH3 is 1. The fourth-order valence-corrected chi connectivity index (χ4v) is 4.90. The number of para-hydroxylation sites is 2. The normalized spacial score (nSPS) is 18.5. The average Bonchev–Trinajstić information content (AvgIpc) is 3.22. The number of benzene rings is 1. The summed E-state index contributed by atoms with van der Waals surface area (Å²) in [5.74, 6) is 2.12. The van der Waals surface area contributed by atoms with Gasteiger partial charge in [0.2, 0.25) is 5.91 Å². The number of nitrogens with zero attached hydrogens (tertiary/aromatic N) is 4. The Morgan fingerprint density at radius 3 is 2.81 bits per heavy atom. The van der Waals surface area contributed by atoms with Gasteiger partial charge in [0.1, 0.15) is 5.75 Å². The van der Waals surface area contributed by atoms with E-state index in [0.717, 1.165) is 23.0 Å². The van der Waals surface area contributed by atoms with Gasteiger partial charge < -0.3 is 10.1 Å². The smallest absolute Gasteiger partial charge is 0.234 e. The largest absolute Gasteiger partial charge is 0.495 e. The zero-order valence-electron chi connectivity index (χ0n) is 17.8. The summed E-state index contributed by atoms with van der Waals surface area (Å²) < 4.78 is 7.54. The molecule has 1 amide bonds. The molecule has 162 valence electrons. The zero-order valence-corrected chi connectivity index (χ0v) is 18.6. The predicted molar refractivity (Wildman–Crippen MR) is 122 cm³/mol. The van der Waals surface area contributed by atoms with E-state index in [2.05, 4.69) is 32.0 Å². The van der Waals surface area contributed by atoms with Gasteiger partial charge in [-0.15, -0.1) is 10.2 Å². The highest BCUT2D eigenvalue weighted by atomic mass is 32.2. The van der Waals surface area contributed by atoms with Crippen LogP contribution in [-0.2, 0) is 4.79 Å². The predicted octanol–water partition coefficient (Wildman–Crippen LogP) is 4.83. The van der Waals surface area contributed by atoms with Gasteiger partial charge in [0.15, 0.2) is 11.0 Å². The molecular weight excluding hydrogens is 410 g/mol. The van der Waals surface area contributed by atoms with Crippen molar-refractivity contribution in [1.82, 2.24) is 19.7 Å². The first-order valence-corrected chi connectivity index (χ1v) is 11.6. The lowest BCUT2D eigenvalue weighted by Crippen LogP contribution is -2.23. The highest BCUT2D eigenvalue weighted by Crippen LogP contribution is 2.38.